The Morgan fingerprint density at radius 2 is 1.91 bits per heavy atom. The van der Waals surface area contributed by atoms with Gasteiger partial charge in [-0.15, -0.1) is 0 Å². The van der Waals surface area contributed by atoms with Gasteiger partial charge in [-0.3, -0.25) is 14.7 Å². The predicted octanol–water partition coefficient (Wildman–Crippen LogP) is 2.82. The van der Waals surface area contributed by atoms with Crippen molar-refractivity contribution >= 4 is 11.7 Å². The molecule has 1 aliphatic heterocycles. The van der Waals surface area contributed by atoms with Gasteiger partial charge in [0.1, 0.15) is 11.4 Å². The van der Waals surface area contributed by atoms with Gasteiger partial charge >= 0.3 is 0 Å². The summed E-state index contributed by atoms with van der Waals surface area (Å²) in [6.07, 6.45) is 5.94. The first-order chi connectivity index (χ1) is 10.7. The summed E-state index contributed by atoms with van der Waals surface area (Å²) >= 11 is 0. The van der Waals surface area contributed by atoms with Gasteiger partial charge in [0.25, 0.3) is 5.91 Å². The first kappa shape index (κ1) is 15.2. The topological polar surface area (TPSA) is 41.9 Å². The van der Waals surface area contributed by atoms with Gasteiger partial charge in [-0.25, -0.2) is 0 Å². The van der Waals surface area contributed by atoms with Crippen molar-refractivity contribution in [2.24, 2.45) is 4.99 Å². The van der Waals surface area contributed by atoms with Gasteiger partial charge in [-0.2, -0.15) is 0 Å². The van der Waals surface area contributed by atoms with Gasteiger partial charge in [0.2, 0.25) is 0 Å². The fraction of sp³-hybridized carbons (Fsp3) is 0.556. The summed E-state index contributed by atoms with van der Waals surface area (Å²) in [6, 6.07) is 10.3. The molecule has 0 saturated heterocycles. The van der Waals surface area contributed by atoms with E-state index in [9.17, 15) is 4.79 Å². The van der Waals surface area contributed by atoms with E-state index in [4.69, 9.17) is 9.73 Å². The van der Waals surface area contributed by atoms with Crippen LogP contribution in [0, 0.1) is 0 Å². The molecule has 1 aliphatic carbocycles. The average Bonchev–Trinajstić information content (AvgIpc) is 2.79. The van der Waals surface area contributed by atoms with Crippen LogP contribution in [0.5, 0.6) is 0 Å². The van der Waals surface area contributed by atoms with E-state index in [1.807, 2.05) is 23.1 Å². The molecular weight excluding hydrogens is 276 g/mol. The van der Waals surface area contributed by atoms with E-state index in [1.54, 1.807) is 7.11 Å². The molecule has 2 aliphatic rings. The number of rotatable bonds is 5. The minimum absolute atomic E-state index is 0.190. The van der Waals surface area contributed by atoms with Gasteiger partial charge in [0.05, 0.1) is 13.2 Å². The minimum atomic E-state index is -0.476. The molecule has 4 nitrogen and oxygen atoms in total. The molecule has 0 bridgehead atoms. The number of hydrogen-bond donors (Lipinski definition) is 0. The molecule has 1 spiro atoms. The second-order valence-corrected chi connectivity index (χ2v) is 6.23. The quantitative estimate of drug-likeness (QED) is 0.839. The molecule has 1 fully saturated rings. The van der Waals surface area contributed by atoms with Crippen molar-refractivity contribution < 1.29 is 9.53 Å². The molecule has 22 heavy (non-hydrogen) atoms. The monoisotopic (exact) mass is 300 g/mol. The lowest BCUT2D eigenvalue weighted by atomic mass is 9.82. The molecule has 118 valence electrons. The Labute approximate surface area is 132 Å². The van der Waals surface area contributed by atoms with E-state index in [0.717, 1.165) is 37.9 Å². The molecule has 0 unspecified atom stereocenters. The van der Waals surface area contributed by atoms with Crippen molar-refractivity contribution in [1.29, 1.82) is 0 Å². The molecule has 0 N–H and O–H groups in total. The molecule has 0 radical (unpaired) electrons. The molecule has 1 aromatic rings. The van der Waals surface area contributed by atoms with Crippen molar-refractivity contribution in [2.75, 3.05) is 20.3 Å². The number of ether oxygens (including phenoxy) is 1. The Kier molecular flexibility index (Phi) is 4.57. The van der Waals surface area contributed by atoms with Crippen LogP contribution in [0.1, 0.15) is 37.7 Å². The van der Waals surface area contributed by atoms with E-state index in [-0.39, 0.29) is 5.91 Å². The lowest BCUT2D eigenvalue weighted by Crippen LogP contribution is -2.45. The van der Waals surface area contributed by atoms with Crippen LogP contribution in [0.3, 0.4) is 0 Å². The summed E-state index contributed by atoms with van der Waals surface area (Å²) in [5.41, 5.74) is 0.722. The lowest BCUT2D eigenvalue weighted by Gasteiger charge is -2.29. The van der Waals surface area contributed by atoms with Gasteiger partial charge in [-0.05, 0) is 18.4 Å². The smallest absolute Gasteiger partial charge is 0.255 e. The third-order valence-electron chi connectivity index (χ3n) is 4.70. The zero-order valence-electron chi connectivity index (χ0n) is 13.3. The number of benzene rings is 1. The zero-order valence-corrected chi connectivity index (χ0v) is 13.3. The maximum absolute atomic E-state index is 12.9. The van der Waals surface area contributed by atoms with Crippen LogP contribution in [0.4, 0.5) is 0 Å². The van der Waals surface area contributed by atoms with Crippen molar-refractivity contribution in [2.45, 2.75) is 44.1 Å². The normalized spacial score (nSPS) is 20.5. The third kappa shape index (κ3) is 2.93. The van der Waals surface area contributed by atoms with Gasteiger partial charge < -0.3 is 4.74 Å². The van der Waals surface area contributed by atoms with Crippen LogP contribution < -0.4 is 0 Å². The van der Waals surface area contributed by atoms with Crippen molar-refractivity contribution in [3.05, 3.63) is 35.9 Å². The van der Waals surface area contributed by atoms with E-state index in [2.05, 4.69) is 12.1 Å². The van der Waals surface area contributed by atoms with E-state index < -0.39 is 5.54 Å². The van der Waals surface area contributed by atoms with Crippen LogP contribution in [-0.2, 0) is 16.0 Å². The van der Waals surface area contributed by atoms with Crippen molar-refractivity contribution in [3.8, 4) is 0 Å². The first-order valence-electron chi connectivity index (χ1n) is 8.19. The minimum Gasteiger partial charge on any atom is -0.383 e. The predicted molar refractivity (Wildman–Crippen MR) is 87.0 cm³/mol. The van der Waals surface area contributed by atoms with E-state index in [1.165, 1.54) is 12.0 Å². The summed E-state index contributed by atoms with van der Waals surface area (Å²) in [5, 5.41) is 0. The summed E-state index contributed by atoms with van der Waals surface area (Å²) in [5.74, 6) is 1.10. The Balaban J connectivity index is 1.84. The Morgan fingerprint density at radius 3 is 2.59 bits per heavy atom. The molecule has 3 rings (SSSR count). The van der Waals surface area contributed by atoms with E-state index >= 15 is 0 Å². The summed E-state index contributed by atoms with van der Waals surface area (Å²) < 4.78 is 5.18. The highest BCUT2D eigenvalue weighted by molar-refractivity contribution is 6.08. The van der Waals surface area contributed by atoms with Crippen molar-refractivity contribution in [1.82, 2.24) is 4.90 Å². The van der Waals surface area contributed by atoms with Crippen LogP contribution in [0.25, 0.3) is 0 Å². The molecule has 1 heterocycles. The number of hydrogen-bond acceptors (Lipinski definition) is 3. The molecule has 1 aromatic carbocycles. The van der Waals surface area contributed by atoms with Gasteiger partial charge in [0, 0.05) is 13.5 Å². The first-order valence-corrected chi connectivity index (χ1v) is 8.19. The molecule has 0 aromatic heterocycles. The number of amidine groups is 1. The fourth-order valence-corrected chi connectivity index (χ4v) is 3.51. The summed E-state index contributed by atoms with van der Waals surface area (Å²) in [6.45, 7) is 1.15. The summed E-state index contributed by atoms with van der Waals surface area (Å²) in [4.78, 5) is 19.7. The molecular formula is C18H24N2O2. The third-order valence-corrected chi connectivity index (χ3v) is 4.70. The van der Waals surface area contributed by atoms with Gasteiger partial charge in [0.15, 0.2) is 0 Å². The summed E-state index contributed by atoms with van der Waals surface area (Å²) in [7, 11) is 1.67. The number of aliphatic imine (C=N–C) groups is 1. The van der Waals surface area contributed by atoms with Crippen molar-refractivity contribution in [3.63, 3.8) is 0 Å². The second-order valence-electron chi connectivity index (χ2n) is 6.23. The highest BCUT2D eigenvalue weighted by Gasteiger charge is 2.47. The van der Waals surface area contributed by atoms with Gasteiger partial charge in [-0.1, -0.05) is 49.6 Å². The Hall–Kier alpha value is -1.68. The molecule has 0 atom stereocenters. The largest absolute Gasteiger partial charge is 0.383 e. The molecule has 4 heteroatoms. The highest BCUT2D eigenvalue weighted by atomic mass is 16.5. The number of methoxy groups -OCH3 is 1. The second kappa shape index (κ2) is 6.61. The number of nitrogens with zero attached hydrogens (tertiary/aromatic N) is 2. The number of amides is 1. The average molecular weight is 300 g/mol. The van der Waals surface area contributed by atoms with Crippen LogP contribution in [0.2, 0.25) is 0 Å². The van der Waals surface area contributed by atoms with Crippen LogP contribution in [-0.4, -0.2) is 42.4 Å². The lowest BCUT2D eigenvalue weighted by molar-refractivity contribution is -0.132. The number of carbonyl (C=O) groups is 1. The maximum atomic E-state index is 12.9. The SMILES string of the molecule is COCCN1C(=O)C2(CCCCC2)N=C1Cc1ccccc1. The highest BCUT2D eigenvalue weighted by Crippen LogP contribution is 2.37. The zero-order chi connectivity index (χ0) is 15.4. The Bertz CT molecular complexity index is 547. The van der Waals surface area contributed by atoms with Crippen LogP contribution >= 0.6 is 0 Å². The maximum Gasteiger partial charge on any atom is 0.255 e. The molecule has 1 amide bonds. The fourth-order valence-electron chi connectivity index (χ4n) is 3.51. The molecule has 1 saturated carbocycles. The Morgan fingerprint density at radius 1 is 1.18 bits per heavy atom. The number of carbonyl (C=O) groups excluding carboxylic acids is 1. The van der Waals surface area contributed by atoms with E-state index in [0.29, 0.717) is 13.2 Å². The standard InChI is InChI=1S/C18H24N2O2/c1-22-13-12-20-16(14-15-8-4-2-5-9-15)19-18(17(20)21)10-6-3-7-11-18/h2,4-5,8-9H,3,6-7,10-14H2,1H3. The van der Waals surface area contributed by atoms with Crippen LogP contribution in [0.15, 0.2) is 35.3 Å².